The monoisotopic (exact) mass is 296 g/mol. The molecule has 0 saturated carbocycles. The van der Waals surface area contributed by atoms with E-state index < -0.39 is 10.0 Å². The SMILES string of the molecule is NCc1cccc(CS(=O)(=O)NCCc2ncno2)c1. The average molecular weight is 296 g/mol. The largest absolute Gasteiger partial charge is 0.340 e. The Morgan fingerprint density at radius 2 is 2.10 bits per heavy atom. The van der Waals surface area contributed by atoms with E-state index in [0.717, 1.165) is 5.56 Å². The van der Waals surface area contributed by atoms with E-state index in [4.69, 9.17) is 10.3 Å². The third-order valence-electron chi connectivity index (χ3n) is 2.65. The van der Waals surface area contributed by atoms with E-state index in [1.165, 1.54) is 6.33 Å². The van der Waals surface area contributed by atoms with Crippen LogP contribution in [0, 0.1) is 0 Å². The number of rotatable bonds is 7. The predicted octanol–water partition coefficient (Wildman–Crippen LogP) is 0.190. The molecule has 0 bridgehead atoms. The zero-order valence-corrected chi connectivity index (χ0v) is 11.6. The van der Waals surface area contributed by atoms with Crippen molar-refractivity contribution in [3.63, 3.8) is 0 Å². The standard InChI is InChI=1S/C12H16N4O3S/c13-7-10-2-1-3-11(6-10)8-20(17,18)16-5-4-12-14-9-15-19-12/h1-3,6,9,16H,4-5,7-8,13H2. The minimum atomic E-state index is -3.39. The van der Waals surface area contributed by atoms with Gasteiger partial charge in [0.2, 0.25) is 15.9 Å². The smallest absolute Gasteiger partial charge is 0.227 e. The molecule has 0 spiro atoms. The summed E-state index contributed by atoms with van der Waals surface area (Å²) in [6.07, 6.45) is 1.64. The molecule has 108 valence electrons. The molecule has 0 amide bonds. The summed E-state index contributed by atoms with van der Waals surface area (Å²) in [5.74, 6) is 0.322. The van der Waals surface area contributed by atoms with Crippen molar-refractivity contribution in [3.05, 3.63) is 47.6 Å². The van der Waals surface area contributed by atoms with Crippen molar-refractivity contribution < 1.29 is 12.9 Å². The minimum absolute atomic E-state index is 0.0787. The molecular weight excluding hydrogens is 280 g/mol. The summed E-state index contributed by atoms with van der Waals surface area (Å²) in [7, 11) is -3.39. The summed E-state index contributed by atoms with van der Waals surface area (Å²) in [6, 6.07) is 7.21. The minimum Gasteiger partial charge on any atom is -0.340 e. The maximum atomic E-state index is 11.9. The van der Waals surface area contributed by atoms with Crippen molar-refractivity contribution >= 4 is 10.0 Å². The van der Waals surface area contributed by atoms with Gasteiger partial charge in [-0.1, -0.05) is 29.4 Å². The van der Waals surface area contributed by atoms with Crippen LogP contribution in [0.3, 0.4) is 0 Å². The third kappa shape index (κ3) is 4.41. The molecule has 7 nitrogen and oxygen atoms in total. The highest BCUT2D eigenvalue weighted by atomic mass is 32.2. The van der Waals surface area contributed by atoms with E-state index in [1.54, 1.807) is 18.2 Å². The molecule has 1 heterocycles. The number of hydrogen-bond donors (Lipinski definition) is 2. The summed E-state index contributed by atoms with van der Waals surface area (Å²) >= 11 is 0. The van der Waals surface area contributed by atoms with Gasteiger partial charge in [0.05, 0.1) is 5.75 Å². The molecule has 0 saturated heterocycles. The van der Waals surface area contributed by atoms with Crippen molar-refractivity contribution in [2.75, 3.05) is 6.54 Å². The number of nitrogens with two attached hydrogens (primary N) is 1. The lowest BCUT2D eigenvalue weighted by Gasteiger charge is -2.06. The Labute approximate surface area is 117 Å². The van der Waals surface area contributed by atoms with Gasteiger partial charge in [-0.2, -0.15) is 4.98 Å². The number of benzene rings is 1. The van der Waals surface area contributed by atoms with Gasteiger partial charge >= 0.3 is 0 Å². The highest BCUT2D eigenvalue weighted by molar-refractivity contribution is 7.88. The lowest BCUT2D eigenvalue weighted by atomic mass is 10.1. The fourth-order valence-electron chi connectivity index (χ4n) is 1.74. The van der Waals surface area contributed by atoms with Crippen LogP contribution in [0.15, 0.2) is 35.1 Å². The maximum Gasteiger partial charge on any atom is 0.227 e. The number of nitrogens with one attached hydrogen (secondary N) is 1. The summed E-state index contributed by atoms with van der Waals surface area (Å²) in [5.41, 5.74) is 7.14. The zero-order valence-electron chi connectivity index (χ0n) is 10.8. The third-order valence-corrected chi connectivity index (χ3v) is 4.01. The quantitative estimate of drug-likeness (QED) is 0.754. The second-order valence-electron chi connectivity index (χ2n) is 4.26. The lowest BCUT2D eigenvalue weighted by molar-refractivity contribution is 0.377. The first-order chi connectivity index (χ1) is 9.59. The molecule has 8 heteroatoms. The molecule has 0 aliphatic rings. The fourth-order valence-corrected chi connectivity index (χ4v) is 2.87. The van der Waals surface area contributed by atoms with Crippen LogP contribution in [0.5, 0.6) is 0 Å². The molecule has 0 aliphatic carbocycles. The van der Waals surface area contributed by atoms with Crippen LogP contribution in [-0.2, 0) is 28.7 Å². The summed E-state index contributed by atoms with van der Waals surface area (Å²) in [5, 5.41) is 3.45. The van der Waals surface area contributed by atoms with Crippen LogP contribution >= 0.6 is 0 Å². The molecule has 3 N–H and O–H groups in total. The van der Waals surface area contributed by atoms with Gasteiger partial charge in [-0.25, -0.2) is 13.1 Å². The molecule has 1 aromatic heterocycles. The number of hydrogen-bond acceptors (Lipinski definition) is 6. The number of nitrogens with zero attached hydrogens (tertiary/aromatic N) is 2. The van der Waals surface area contributed by atoms with Crippen molar-refractivity contribution in [1.82, 2.24) is 14.9 Å². The van der Waals surface area contributed by atoms with Crippen LogP contribution in [0.4, 0.5) is 0 Å². The van der Waals surface area contributed by atoms with E-state index in [0.29, 0.717) is 24.4 Å². The summed E-state index contributed by atoms with van der Waals surface area (Å²) < 4.78 is 31.1. The molecule has 1 aromatic carbocycles. The van der Waals surface area contributed by atoms with E-state index in [1.807, 2.05) is 6.07 Å². The number of aromatic nitrogens is 2. The van der Waals surface area contributed by atoms with Gasteiger partial charge in [0.15, 0.2) is 6.33 Å². The van der Waals surface area contributed by atoms with Crippen LogP contribution in [0.2, 0.25) is 0 Å². The van der Waals surface area contributed by atoms with E-state index in [9.17, 15) is 8.42 Å². The van der Waals surface area contributed by atoms with Gasteiger partial charge in [0, 0.05) is 19.5 Å². The molecule has 2 aromatic rings. The van der Waals surface area contributed by atoms with Gasteiger partial charge in [0.25, 0.3) is 0 Å². The second kappa shape index (κ2) is 6.60. The Balaban J connectivity index is 1.89. The van der Waals surface area contributed by atoms with Gasteiger partial charge in [-0.15, -0.1) is 0 Å². The topological polar surface area (TPSA) is 111 Å². The normalized spacial score (nSPS) is 11.7. The second-order valence-corrected chi connectivity index (χ2v) is 6.07. The molecule has 0 unspecified atom stereocenters. The lowest BCUT2D eigenvalue weighted by Crippen LogP contribution is -2.27. The molecule has 0 fully saturated rings. The highest BCUT2D eigenvalue weighted by Gasteiger charge is 2.12. The predicted molar refractivity (Wildman–Crippen MR) is 73.0 cm³/mol. The van der Waals surface area contributed by atoms with Crippen molar-refractivity contribution in [1.29, 1.82) is 0 Å². The molecule has 2 rings (SSSR count). The number of sulfonamides is 1. The molecular formula is C12H16N4O3S. The van der Waals surface area contributed by atoms with Gasteiger partial charge in [-0.3, -0.25) is 0 Å². The Morgan fingerprint density at radius 3 is 2.80 bits per heavy atom. The first-order valence-corrected chi connectivity index (χ1v) is 7.75. The Hall–Kier alpha value is -1.77. The average Bonchev–Trinajstić information content (AvgIpc) is 2.91. The maximum absolute atomic E-state index is 11.9. The van der Waals surface area contributed by atoms with Crippen LogP contribution in [0.25, 0.3) is 0 Å². The summed E-state index contributed by atoms with van der Waals surface area (Å²) in [4.78, 5) is 3.82. The Kier molecular flexibility index (Phi) is 4.83. The van der Waals surface area contributed by atoms with Gasteiger partial charge < -0.3 is 10.3 Å². The van der Waals surface area contributed by atoms with Gasteiger partial charge in [0.1, 0.15) is 0 Å². The molecule has 0 radical (unpaired) electrons. The molecule has 0 atom stereocenters. The first kappa shape index (κ1) is 14.6. The van der Waals surface area contributed by atoms with E-state index in [-0.39, 0.29) is 12.3 Å². The van der Waals surface area contributed by atoms with E-state index in [2.05, 4.69) is 14.9 Å². The van der Waals surface area contributed by atoms with Crippen LogP contribution < -0.4 is 10.5 Å². The van der Waals surface area contributed by atoms with Crippen molar-refractivity contribution in [3.8, 4) is 0 Å². The van der Waals surface area contributed by atoms with Crippen LogP contribution in [-0.4, -0.2) is 25.1 Å². The molecule has 0 aliphatic heterocycles. The van der Waals surface area contributed by atoms with E-state index >= 15 is 0 Å². The highest BCUT2D eigenvalue weighted by Crippen LogP contribution is 2.08. The van der Waals surface area contributed by atoms with Crippen molar-refractivity contribution in [2.24, 2.45) is 5.73 Å². The fraction of sp³-hybridized carbons (Fsp3) is 0.333. The molecule has 20 heavy (non-hydrogen) atoms. The first-order valence-electron chi connectivity index (χ1n) is 6.10. The zero-order chi connectivity index (χ0) is 14.4. The van der Waals surface area contributed by atoms with Crippen molar-refractivity contribution in [2.45, 2.75) is 18.7 Å². The Morgan fingerprint density at radius 1 is 1.30 bits per heavy atom. The summed E-state index contributed by atoms with van der Waals surface area (Å²) in [6.45, 7) is 0.611. The van der Waals surface area contributed by atoms with Crippen LogP contribution in [0.1, 0.15) is 17.0 Å². The van der Waals surface area contributed by atoms with Gasteiger partial charge in [-0.05, 0) is 11.1 Å². The Bertz CT molecular complexity index is 640.